The van der Waals surface area contributed by atoms with E-state index in [0.717, 1.165) is 24.8 Å². The van der Waals surface area contributed by atoms with Crippen molar-refractivity contribution in [3.05, 3.63) is 88.4 Å². The lowest BCUT2D eigenvalue weighted by Gasteiger charge is -2.36. The standard InChI is InChI=1S/C27H27ClN2O4S/c1-2-25-27(31)30(24-12-5-8-18-7-3-4-11-23(18)24)17-19-15-21(13-14-26(19)34-25)29-35(32,33)22-10-6-9-20(28)16-22/h3-4,6-7,9-11,13-16,24-25,29H,2,5,8,12,17H2,1H3/t24-,25-/m0/s1. The van der Waals surface area contributed by atoms with E-state index in [1.54, 1.807) is 30.3 Å². The van der Waals surface area contributed by atoms with Crippen LogP contribution in [0, 0.1) is 0 Å². The molecule has 0 saturated heterocycles. The van der Waals surface area contributed by atoms with Crippen molar-refractivity contribution in [3.63, 3.8) is 0 Å². The summed E-state index contributed by atoms with van der Waals surface area (Å²) in [6.07, 6.45) is 2.87. The topological polar surface area (TPSA) is 75.7 Å². The minimum Gasteiger partial charge on any atom is -0.480 e. The van der Waals surface area contributed by atoms with Gasteiger partial charge in [0.05, 0.1) is 17.5 Å². The van der Waals surface area contributed by atoms with Crippen LogP contribution >= 0.6 is 11.6 Å². The molecular formula is C27H27ClN2O4S. The Kier molecular flexibility index (Phi) is 6.47. The average molecular weight is 511 g/mol. The Morgan fingerprint density at radius 1 is 1.06 bits per heavy atom. The van der Waals surface area contributed by atoms with Crippen molar-refractivity contribution < 1.29 is 17.9 Å². The minimum atomic E-state index is -3.83. The van der Waals surface area contributed by atoms with Gasteiger partial charge in [-0.05, 0) is 73.2 Å². The number of fused-ring (bicyclic) bond motifs is 2. The van der Waals surface area contributed by atoms with E-state index in [9.17, 15) is 13.2 Å². The van der Waals surface area contributed by atoms with Crippen molar-refractivity contribution in [2.45, 2.75) is 56.2 Å². The Labute approximate surface area is 210 Å². The molecule has 1 heterocycles. The zero-order valence-corrected chi connectivity index (χ0v) is 21.0. The number of amides is 1. The summed E-state index contributed by atoms with van der Waals surface area (Å²) in [5, 5.41) is 0.343. The van der Waals surface area contributed by atoms with Crippen molar-refractivity contribution in [2.75, 3.05) is 4.72 Å². The van der Waals surface area contributed by atoms with Gasteiger partial charge < -0.3 is 9.64 Å². The monoisotopic (exact) mass is 510 g/mol. The summed E-state index contributed by atoms with van der Waals surface area (Å²) in [7, 11) is -3.83. The number of carbonyl (C=O) groups excluding carboxylic acids is 1. The number of nitrogens with one attached hydrogen (secondary N) is 1. The number of carbonyl (C=O) groups is 1. The van der Waals surface area contributed by atoms with Gasteiger partial charge in [-0.3, -0.25) is 9.52 Å². The molecule has 1 aliphatic heterocycles. The highest BCUT2D eigenvalue weighted by Crippen LogP contribution is 2.39. The Hall–Kier alpha value is -3.03. The Bertz CT molecular complexity index is 1380. The van der Waals surface area contributed by atoms with E-state index in [-0.39, 0.29) is 16.8 Å². The van der Waals surface area contributed by atoms with Crippen molar-refractivity contribution >= 4 is 33.2 Å². The number of hydrogen-bond acceptors (Lipinski definition) is 4. The second-order valence-corrected chi connectivity index (χ2v) is 11.1. The van der Waals surface area contributed by atoms with Gasteiger partial charge in [-0.15, -0.1) is 0 Å². The predicted molar refractivity (Wildman–Crippen MR) is 136 cm³/mol. The largest absolute Gasteiger partial charge is 0.480 e. The fraction of sp³-hybridized carbons (Fsp3) is 0.296. The minimum absolute atomic E-state index is 0.0357. The lowest BCUT2D eigenvalue weighted by molar-refractivity contribution is -0.141. The third-order valence-corrected chi connectivity index (χ3v) is 8.29. The fourth-order valence-electron chi connectivity index (χ4n) is 4.95. The van der Waals surface area contributed by atoms with Crippen LogP contribution in [0.5, 0.6) is 5.75 Å². The van der Waals surface area contributed by atoms with E-state index in [1.807, 2.05) is 24.0 Å². The number of benzene rings is 3. The number of ether oxygens (including phenoxy) is 1. The van der Waals surface area contributed by atoms with E-state index in [0.29, 0.717) is 29.4 Å². The van der Waals surface area contributed by atoms with E-state index in [4.69, 9.17) is 16.3 Å². The predicted octanol–water partition coefficient (Wildman–Crippen LogP) is 5.72. The number of anilines is 1. The summed E-state index contributed by atoms with van der Waals surface area (Å²) in [6, 6.07) is 19.5. The van der Waals surface area contributed by atoms with Crippen LogP contribution in [0.2, 0.25) is 5.02 Å². The van der Waals surface area contributed by atoms with Crippen molar-refractivity contribution in [1.29, 1.82) is 0 Å². The SMILES string of the molecule is CC[C@@H]1Oc2ccc(NS(=O)(=O)c3cccc(Cl)c3)cc2CN([C@H]2CCCc3ccccc32)C1=O. The summed E-state index contributed by atoms with van der Waals surface area (Å²) >= 11 is 5.99. The molecule has 5 rings (SSSR count). The Balaban J connectivity index is 1.49. The molecule has 0 aromatic heterocycles. The number of nitrogens with zero attached hydrogens (tertiary/aromatic N) is 1. The van der Waals surface area contributed by atoms with E-state index in [1.165, 1.54) is 23.3 Å². The van der Waals surface area contributed by atoms with Crippen molar-refractivity contribution in [3.8, 4) is 5.75 Å². The Morgan fingerprint density at radius 3 is 2.69 bits per heavy atom. The number of halogens is 1. The first-order valence-corrected chi connectivity index (χ1v) is 13.7. The highest BCUT2D eigenvalue weighted by atomic mass is 35.5. The normalized spacial score (nSPS) is 19.8. The van der Waals surface area contributed by atoms with Crippen LogP contribution in [-0.2, 0) is 27.8 Å². The molecular weight excluding hydrogens is 484 g/mol. The van der Waals surface area contributed by atoms with Gasteiger partial charge >= 0.3 is 0 Å². The third-order valence-electron chi connectivity index (χ3n) is 6.67. The van der Waals surface area contributed by atoms with E-state index < -0.39 is 16.1 Å². The molecule has 0 fully saturated rings. The second kappa shape index (κ2) is 9.55. The van der Waals surface area contributed by atoms with Gasteiger partial charge in [-0.25, -0.2) is 8.42 Å². The first kappa shape index (κ1) is 23.7. The molecule has 1 aliphatic carbocycles. The van der Waals surface area contributed by atoms with Gasteiger partial charge in [-0.2, -0.15) is 0 Å². The molecule has 0 saturated carbocycles. The van der Waals surface area contributed by atoms with Gasteiger partial charge in [0.15, 0.2) is 6.10 Å². The van der Waals surface area contributed by atoms with Gasteiger partial charge in [0.1, 0.15) is 5.75 Å². The molecule has 182 valence electrons. The summed E-state index contributed by atoms with van der Waals surface area (Å²) in [5.74, 6) is 0.564. The Morgan fingerprint density at radius 2 is 1.89 bits per heavy atom. The number of aryl methyl sites for hydroxylation is 1. The van der Waals surface area contributed by atoms with E-state index in [2.05, 4.69) is 16.9 Å². The van der Waals surface area contributed by atoms with Crippen LogP contribution in [0.25, 0.3) is 0 Å². The molecule has 0 bridgehead atoms. The molecule has 1 amide bonds. The molecule has 2 atom stereocenters. The molecule has 3 aromatic carbocycles. The fourth-order valence-corrected chi connectivity index (χ4v) is 6.30. The maximum atomic E-state index is 13.6. The second-order valence-electron chi connectivity index (χ2n) is 8.97. The van der Waals surface area contributed by atoms with E-state index >= 15 is 0 Å². The van der Waals surface area contributed by atoms with Crippen LogP contribution in [0.15, 0.2) is 71.6 Å². The van der Waals surface area contributed by atoms with Crippen molar-refractivity contribution in [1.82, 2.24) is 4.90 Å². The first-order valence-electron chi connectivity index (χ1n) is 11.8. The van der Waals surface area contributed by atoms with Crippen LogP contribution in [0.1, 0.15) is 48.9 Å². The number of hydrogen-bond donors (Lipinski definition) is 1. The molecule has 3 aromatic rings. The molecule has 2 aliphatic rings. The summed E-state index contributed by atoms with van der Waals surface area (Å²) < 4.78 is 34.6. The average Bonchev–Trinajstić information content (AvgIpc) is 2.99. The first-order chi connectivity index (χ1) is 16.9. The van der Waals surface area contributed by atoms with Gasteiger partial charge in [0.2, 0.25) is 0 Å². The molecule has 0 radical (unpaired) electrons. The molecule has 0 unspecified atom stereocenters. The van der Waals surface area contributed by atoms with Gasteiger partial charge in [-0.1, -0.05) is 48.9 Å². The molecule has 0 spiro atoms. The lowest BCUT2D eigenvalue weighted by Crippen LogP contribution is -2.42. The molecule has 8 heteroatoms. The van der Waals surface area contributed by atoms with Crippen LogP contribution < -0.4 is 9.46 Å². The highest BCUT2D eigenvalue weighted by Gasteiger charge is 2.36. The highest BCUT2D eigenvalue weighted by molar-refractivity contribution is 7.92. The van der Waals surface area contributed by atoms with Gasteiger partial charge in [0.25, 0.3) is 15.9 Å². The summed E-state index contributed by atoms with van der Waals surface area (Å²) in [5.41, 5.74) is 3.63. The summed E-state index contributed by atoms with van der Waals surface area (Å²) in [6.45, 7) is 2.28. The molecule has 1 N–H and O–H groups in total. The summed E-state index contributed by atoms with van der Waals surface area (Å²) in [4.78, 5) is 15.6. The number of rotatable bonds is 5. The van der Waals surface area contributed by atoms with Crippen LogP contribution in [-0.4, -0.2) is 25.3 Å². The lowest BCUT2D eigenvalue weighted by atomic mass is 9.86. The quantitative estimate of drug-likeness (QED) is 0.476. The van der Waals surface area contributed by atoms with Crippen molar-refractivity contribution in [2.24, 2.45) is 0 Å². The maximum absolute atomic E-state index is 13.6. The maximum Gasteiger partial charge on any atom is 0.264 e. The molecule has 35 heavy (non-hydrogen) atoms. The third kappa shape index (κ3) is 4.75. The van der Waals surface area contributed by atoms with Crippen LogP contribution in [0.3, 0.4) is 0 Å². The zero-order valence-electron chi connectivity index (χ0n) is 19.4. The van der Waals surface area contributed by atoms with Gasteiger partial charge in [0, 0.05) is 16.3 Å². The molecule has 6 nitrogen and oxygen atoms in total. The number of sulfonamides is 1. The smallest absolute Gasteiger partial charge is 0.264 e. The zero-order chi connectivity index (χ0) is 24.6. The van der Waals surface area contributed by atoms with Crippen LogP contribution in [0.4, 0.5) is 5.69 Å².